The first kappa shape index (κ1) is 29.7. The van der Waals surface area contributed by atoms with E-state index in [-0.39, 0.29) is 17.0 Å². The first-order chi connectivity index (χ1) is 16.0. The van der Waals surface area contributed by atoms with E-state index in [1.54, 1.807) is 12.1 Å². The van der Waals surface area contributed by atoms with Crippen LogP contribution in [0.5, 0.6) is 0 Å². The molecule has 0 aliphatic rings. The fourth-order valence-corrected chi connectivity index (χ4v) is 3.78. The zero-order valence-corrected chi connectivity index (χ0v) is 20.8. The number of aromatic nitrogens is 2. The molecule has 14 heteroatoms. The highest BCUT2D eigenvalue weighted by atomic mass is 32.2. The summed E-state index contributed by atoms with van der Waals surface area (Å²) in [6.45, 7) is 6.21. The molecule has 2 rings (SSSR count). The van der Waals surface area contributed by atoms with E-state index < -0.39 is 28.1 Å². The van der Waals surface area contributed by atoms with Crippen LogP contribution in [-0.2, 0) is 28.3 Å². The molecule has 0 unspecified atom stereocenters. The highest BCUT2D eigenvalue weighted by molar-refractivity contribution is 7.92. The maximum atomic E-state index is 11.7. The quantitative estimate of drug-likeness (QED) is 0.456. The average molecular weight is 523 g/mol. The van der Waals surface area contributed by atoms with E-state index in [0.717, 1.165) is 24.2 Å². The molecule has 1 heterocycles. The molecule has 196 valence electrons. The number of sulfonamides is 1. The number of benzene rings is 1. The topological polar surface area (TPSA) is 142 Å². The normalized spacial score (nSPS) is 11.4. The van der Waals surface area contributed by atoms with Gasteiger partial charge >= 0.3 is 18.1 Å². The summed E-state index contributed by atoms with van der Waals surface area (Å²) in [7, 11) is 0.292. The number of nitrogens with one attached hydrogen (secondary N) is 1. The lowest BCUT2D eigenvalue weighted by atomic mass is 10.1. The Labute approximate surface area is 201 Å². The maximum Gasteiger partial charge on any atom is 0.490 e. The van der Waals surface area contributed by atoms with Crippen LogP contribution in [0.25, 0.3) is 0 Å². The summed E-state index contributed by atoms with van der Waals surface area (Å²) >= 11 is 0. The number of aliphatic carboxylic acids is 1. The highest BCUT2D eigenvalue weighted by Gasteiger charge is 2.38. The second kappa shape index (κ2) is 11.9. The molecule has 0 atom stereocenters. The van der Waals surface area contributed by atoms with Crippen LogP contribution >= 0.6 is 0 Å². The van der Waals surface area contributed by atoms with Gasteiger partial charge in [0, 0.05) is 32.0 Å². The number of carboxylic acids is 2. The lowest BCUT2D eigenvalue weighted by Crippen LogP contribution is -2.22. The molecule has 3 N–H and O–H groups in total. The number of nitrogens with zero attached hydrogens (tertiary/aromatic N) is 3. The van der Waals surface area contributed by atoms with Gasteiger partial charge in [-0.3, -0.25) is 9.40 Å². The van der Waals surface area contributed by atoms with Gasteiger partial charge in [0.15, 0.2) is 0 Å². The van der Waals surface area contributed by atoms with Gasteiger partial charge in [-0.1, -0.05) is 0 Å². The molecule has 0 amide bonds. The van der Waals surface area contributed by atoms with Crippen molar-refractivity contribution in [1.29, 1.82) is 0 Å². The predicted octanol–water partition coefficient (Wildman–Crippen LogP) is 3.20. The number of hydrogen-bond donors (Lipinski definition) is 3. The molecule has 0 bridgehead atoms. The minimum atomic E-state index is -5.08. The molecular weight excluding hydrogens is 493 g/mol. The summed E-state index contributed by atoms with van der Waals surface area (Å²) in [6, 6.07) is 4.58. The van der Waals surface area contributed by atoms with Crippen molar-refractivity contribution in [3.05, 3.63) is 40.7 Å². The molecule has 0 spiro atoms. The lowest BCUT2D eigenvalue weighted by molar-refractivity contribution is -0.192. The van der Waals surface area contributed by atoms with Crippen molar-refractivity contribution in [2.24, 2.45) is 7.05 Å². The van der Waals surface area contributed by atoms with Gasteiger partial charge < -0.3 is 15.1 Å². The number of carboxylic acid groups (broad SMARTS) is 2. The van der Waals surface area contributed by atoms with Crippen molar-refractivity contribution in [1.82, 2.24) is 9.78 Å². The van der Waals surface area contributed by atoms with Gasteiger partial charge in [-0.15, -0.1) is 0 Å². The summed E-state index contributed by atoms with van der Waals surface area (Å²) < 4.78 is 59.4. The van der Waals surface area contributed by atoms with E-state index in [2.05, 4.69) is 9.82 Å². The number of carbonyl (C=O) groups is 2. The summed E-state index contributed by atoms with van der Waals surface area (Å²) in [6.07, 6.45) is -3.39. The van der Waals surface area contributed by atoms with Crippen LogP contribution in [0, 0.1) is 13.8 Å². The molecule has 0 aliphatic heterocycles. The van der Waals surface area contributed by atoms with Gasteiger partial charge in [0.05, 0.1) is 22.7 Å². The van der Waals surface area contributed by atoms with Gasteiger partial charge in [-0.2, -0.15) is 18.3 Å². The van der Waals surface area contributed by atoms with Crippen LogP contribution in [0.3, 0.4) is 0 Å². The van der Waals surface area contributed by atoms with Crippen LogP contribution < -0.4 is 9.62 Å². The van der Waals surface area contributed by atoms with Crippen molar-refractivity contribution in [3.63, 3.8) is 0 Å². The van der Waals surface area contributed by atoms with Gasteiger partial charge in [-0.25, -0.2) is 18.0 Å². The average Bonchev–Trinajstić information content (AvgIpc) is 2.98. The molecule has 0 saturated heterocycles. The van der Waals surface area contributed by atoms with Crippen molar-refractivity contribution in [3.8, 4) is 0 Å². The Kier molecular flexibility index (Phi) is 10.1. The van der Waals surface area contributed by atoms with Crippen molar-refractivity contribution in [2.45, 2.75) is 39.8 Å². The third-order valence-electron chi connectivity index (χ3n) is 5.11. The second-order valence-electron chi connectivity index (χ2n) is 7.64. The summed E-state index contributed by atoms with van der Waals surface area (Å²) in [4.78, 5) is 22.5. The Bertz CT molecular complexity index is 1160. The zero-order valence-electron chi connectivity index (χ0n) is 20.0. The van der Waals surface area contributed by atoms with Crippen molar-refractivity contribution < 1.29 is 41.4 Å². The third-order valence-corrected chi connectivity index (χ3v) is 6.42. The number of halogens is 3. The number of anilines is 2. The Hall–Kier alpha value is -3.29. The summed E-state index contributed by atoms with van der Waals surface area (Å²) in [5.74, 6) is -3.93. The number of alkyl halides is 3. The zero-order chi connectivity index (χ0) is 27.1. The molecule has 0 aliphatic carbocycles. The van der Waals surface area contributed by atoms with E-state index in [1.807, 2.05) is 37.5 Å². The standard InChI is InChI=1S/C19H28N4O4S.C2HF3O2/c1-6-28(26,27)21-15-9-10-18(17(12-15)19(24)25)22(4)11-7-8-16-13(2)20-23(5)14(16)3;3-2(4,5)1(6)7/h9-10,12,21H,6-8,11H2,1-5H3,(H,24,25);(H,6,7). The fourth-order valence-electron chi connectivity index (χ4n) is 3.15. The van der Waals surface area contributed by atoms with Crippen LogP contribution in [0.2, 0.25) is 0 Å². The Morgan fingerprint density at radius 3 is 2.20 bits per heavy atom. The second-order valence-corrected chi connectivity index (χ2v) is 9.65. The van der Waals surface area contributed by atoms with Gasteiger partial charge in [0.25, 0.3) is 0 Å². The Morgan fingerprint density at radius 2 is 1.77 bits per heavy atom. The summed E-state index contributed by atoms with van der Waals surface area (Å²) in [5, 5.41) is 21.1. The van der Waals surface area contributed by atoms with E-state index in [9.17, 15) is 31.5 Å². The van der Waals surface area contributed by atoms with Crippen LogP contribution in [-0.4, -0.2) is 65.9 Å². The fraction of sp³-hybridized carbons (Fsp3) is 0.476. The van der Waals surface area contributed by atoms with Gasteiger partial charge in [-0.05, 0) is 57.4 Å². The molecule has 1 aromatic carbocycles. The smallest absolute Gasteiger partial charge is 0.478 e. The Balaban J connectivity index is 0.000000762. The van der Waals surface area contributed by atoms with Gasteiger partial charge in [0.1, 0.15) is 0 Å². The Morgan fingerprint density at radius 1 is 1.20 bits per heavy atom. The minimum absolute atomic E-state index is 0.0625. The first-order valence-electron chi connectivity index (χ1n) is 10.4. The highest BCUT2D eigenvalue weighted by Crippen LogP contribution is 2.25. The molecular formula is C21H29F3N4O6S. The lowest BCUT2D eigenvalue weighted by Gasteiger charge is -2.22. The van der Waals surface area contributed by atoms with E-state index >= 15 is 0 Å². The molecule has 0 fully saturated rings. The largest absolute Gasteiger partial charge is 0.490 e. The van der Waals surface area contributed by atoms with E-state index in [4.69, 9.17) is 9.90 Å². The maximum absolute atomic E-state index is 11.7. The minimum Gasteiger partial charge on any atom is -0.478 e. The molecule has 0 radical (unpaired) electrons. The molecule has 2 aromatic rings. The van der Waals surface area contributed by atoms with Gasteiger partial charge in [0.2, 0.25) is 10.0 Å². The molecule has 0 saturated carbocycles. The molecule has 10 nitrogen and oxygen atoms in total. The SMILES string of the molecule is CCS(=O)(=O)Nc1ccc(N(C)CCCc2c(C)nn(C)c2C)c(C(=O)O)c1.O=C(O)C(F)(F)F. The monoisotopic (exact) mass is 522 g/mol. The number of hydrogen-bond acceptors (Lipinski definition) is 6. The number of aryl methyl sites for hydroxylation is 2. The number of aromatic carboxylic acids is 1. The van der Waals surface area contributed by atoms with E-state index in [0.29, 0.717) is 12.2 Å². The van der Waals surface area contributed by atoms with E-state index in [1.165, 1.54) is 18.6 Å². The summed E-state index contributed by atoms with van der Waals surface area (Å²) in [5.41, 5.74) is 4.23. The van der Waals surface area contributed by atoms with Crippen LogP contribution in [0.15, 0.2) is 18.2 Å². The molecule has 1 aromatic heterocycles. The number of rotatable bonds is 9. The van der Waals surface area contributed by atoms with Crippen LogP contribution in [0.1, 0.15) is 40.7 Å². The van der Waals surface area contributed by atoms with Crippen molar-refractivity contribution >= 4 is 33.3 Å². The van der Waals surface area contributed by atoms with Crippen molar-refractivity contribution in [2.75, 3.05) is 29.0 Å². The first-order valence-corrected chi connectivity index (χ1v) is 12.0. The van der Waals surface area contributed by atoms with Crippen LogP contribution in [0.4, 0.5) is 24.5 Å². The third kappa shape index (κ3) is 8.77. The molecule has 35 heavy (non-hydrogen) atoms. The predicted molar refractivity (Wildman–Crippen MR) is 124 cm³/mol.